The van der Waals surface area contributed by atoms with Gasteiger partial charge in [0.15, 0.2) is 17.3 Å². The number of anilines is 1. The van der Waals surface area contributed by atoms with Gasteiger partial charge in [-0.1, -0.05) is 12.1 Å². The maximum atomic E-state index is 12.3. The van der Waals surface area contributed by atoms with E-state index in [1.54, 1.807) is 18.2 Å². The summed E-state index contributed by atoms with van der Waals surface area (Å²) < 4.78 is 33.9. The Morgan fingerprint density at radius 2 is 1.79 bits per heavy atom. The van der Waals surface area contributed by atoms with Crippen LogP contribution in [-0.2, 0) is 4.79 Å². The summed E-state index contributed by atoms with van der Waals surface area (Å²) in [5, 5.41) is 4.97. The van der Waals surface area contributed by atoms with Gasteiger partial charge in [-0.25, -0.2) is 0 Å². The van der Waals surface area contributed by atoms with Gasteiger partial charge in [0.05, 0.1) is 13.7 Å². The van der Waals surface area contributed by atoms with E-state index in [0.29, 0.717) is 11.3 Å². The second kappa shape index (κ2) is 9.45. The average Bonchev–Trinajstić information content (AvgIpc) is 2.66. The molecule has 0 aliphatic rings. The molecule has 28 heavy (non-hydrogen) atoms. The lowest BCUT2D eigenvalue weighted by Crippen LogP contribution is -2.32. The van der Waals surface area contributed by atoms with Gasteiger partial charge in [-0.3, -0.25) is 14.4 Å². The molecule has 148 valence electrons. The van der Waals surface area contributed by atoms with Crippen LogP contribution in [0.4, 0.5) is 14.5 Å². The number of hydrogen-bond donors (Lipinski definition) is 2. The summed E-state index contributed by atoms with van der Waals surface area (Å²) in [7, 11) is 1.25. The normalized spacial score (nSPS) is 10.3. The van der Waals surface area contributed by atoms with Crippen molar-refractivity contribution >= 4 is 23.3 Å². The molecule has 0 aliphatic heterocycles. The molecule has 2 amide bonds. The number of alkyl halides is 2. The third kappa shape index (κ3) is 5.76. The van der Waals surface area contributed by atoms with E-state index in [1.807, 2.05) is 0 Å². The van der Waals surface area contributed by atoms with Gasteiger partial charge < -0.3 is 20.1 Å². The molecule has 9 heteroatoms. The van der Waals surface area contributed by atoms with Gasteiger partial charge in [0.25, 0.3) is 5.91 Å². The number of carbonyl (C=O) groups excluding carboxylic acids is 3. The summed E-state index contributed by atoms with van der Waals surface area (Å²) in [5.74, 6) is -1.50. The molecule has 2 rings (SSSR count). The number of rotatable bonds is 8. The number of halogens is 2. The molecule has 0 saturated carbocycles. The SMILES string of the molecule is COc1cc(C(=O)NCC(=O)Nc2cccc(C(C)=O)c2)ccc1OC(F)F. The van der Waals surface area contributed by atoms with Gasteiger partial charge in [0, 0.05) is 16.8 Å². The largest absolute Gasteiger partial charge is 0.493 e. The Bertz CT molecular complexity index is 886. The minimum Gasteiger partial charge on any atom is -0.493 e. The predicted molar refractivity (Wildman–Crippen MR) is 97.0 cm³/mol. The Balaban J connectivity index is 1.97. The van der Waals surface area contributed by atoms with Crippen molar-refractivity contribution in [1.82, 2.24) is 5.32 Å². The average molecular weight is 392 g/mol. The number of ketones is 1. The van der Waals surface area contributed by atoms with E-state index in [1.165, 1.54) is 38.3 Å². The molecular formula is C19H18F2N2O5. The second-order valence-corrected chi connectivity index (χ2v) is 5.61. The molecule has 0 aliphatic carbocycles. The molecule has 0 heterocycles. The predicted octanol–water partition coefficient (Wildman–Crippen LogP) is 2.87. The lowest BCUT2D eigenvalue weighted by molar-refractivity contribution is -0.115. The Hall–Kier alpha value is -3.49. The molecule has 0 unspecified atom stereocenters. The van der Waals surface area contributed by atoms with E-state index in [2.05, 4.69) is 15.4 Å². The summed E-state index contributed by atoms with van der Waals surface area (Å²) in [4.78, 5) is 35.5. The molecule has 0 aromatic heterocycles. The smallest absolute Gasteiger partial charge is 0.387 e. The van der Waals surface area contributed by atoms with Crippen LogP contribution in [0.15, 0.2) is 42.5 Å². The molecule has 0 spiro atoms. The number of Topliss-reactive ketones (excluding diaryl/α,β-unsaturated/α-hetero) is 1. The van der Waals surface area contributed by atoms with Crippen molar-refractivity contribution in [2.45, 2.75) is 13.5 Å². The Morgan fingerprint density at radius 3 is 2.43 bits per heavy atom. The first-order valence-corrected chi connectivity index (χ1v) is 8.12. The van der Waals surface area contributed by atoms with Crippen molar-refractivity contribution in [3.05, 3.63) is 53.6 Å². The Morgan fingerprint density at radius 1 is 1.04 bits per heavy atom. The first-order valence-electron chi connectivity index (χ1n) is 8.12. The highest BCUT2D eigenvalue weighted by atomic mass is 19.3. The van der Waals surface area contributed by atoms with Crippen LogP contribution in [0.25, 0.3) is 0 Å². The summed E-state index contributed by atoms with van der Waals surface area (Å²) in [6, 6.07) is 10.0. The van der Waals surface area contributed by atoms with Crippen LogP contribution < -0.4 is 20.1 Å². The number of benzene rings is 2. The van der Waals surface area contributed by atoms with E-state index in [-0.39, 0.29) is 29.4 Å². The van der Waals surface area contributed by atoms with Gasteiger partial charge in [-0.15, -0.1) is 0 Å². The van der Waals surface area contributed by atoms with Crippen molar-refractivity contribution in [1.29, 1.82) is 0 Å². The molecule has 2 N–H and O–H groups in total. The zero-order valence-electron chi connectivity index (χ0n) is 15.1. The van der Waals surface area contributed by atoms with Crippen LogP contribution in [0, 0.1) is 0 Å². The third-order valence-corrected chi connectivity index (χ3v) is 3.60. The maximum absolute atomic E-state index is 12.3. The molecule has 2 aromatic carbocycles. The van der Waals surface area contributed by atoms with Gasteiger partial charge >= 0.3 is 6.61 Å². The van der Waals surface area contributed by atoms with Gasteiger partial charge in [-0.2, -0.15) is 8.78 Å². The van der Waals surface area contributed by atoms with Crippen LogP contribution >= 0.6 is 0 Å². The molecule has 0 bridgehead atoms. The minimum atomic E-state index is -3.03. The lowest BCUT2D eigenvalue weighted by Gasteiger charge is -2.12. The summed E-state index contributed by atoms with van der Waals surface area (Å²) >= 11 is 0. The van der Waals surface area contributed by atoms with Gasteiger partial charge in [0.1, 0.15) is 0 Å². The fourth-order valence-corrected chi connectivity index (χ4v) is 2.29. The van der Waals surface area contributed by atoms with Gasteiger partial charge in [0.2, 0.25) is 5.91 Å². The zero-order valence-corrected chi connectivity index (χ0v) is 15.1. The standard InChI is InChI=1S/C19H18F2N2O5/c1-11(24)12-4-3-5-14(8-12)23-17(25)10-22-18(26)13-6-7-15(28-19(20)21)16(9-13)27-2/h3-9,19H,10H2,1-2H3,(H,22,26)(H,23,25). The van der Waals surface area contributed by atoms with Gasteiger partial charge in [-0.05, 0) is 37.3 Å². The molecule has 7 nitrogen and oxygen atoms in total. The van der Waals surface area contributed by atoms with E-state index in [0.717, 1.165) is 0 Å². The lowest BCUT2D eigenvalue weighted by atomic mass is 10.1. The van der Waals surface area contributed by atoms with Crippen LogP contribution in [0.2, 0.25) is 0 Å². The first-order chi connectivity index (χ1) is 13.3. The van der Waals surface area contributed by atoms with Crippen molar-refractivity contribution in [3.63, 3.8) is 0 Å². The molecule has 0 fully saturated rings. The highest BCUT2D eigenvalue weighted by Crippen LogP contribution is 2.29. The van der Waals surface area contributed by atoms with E-state index >= 15 is 0 Å². The molecule has 0 saturated heterocycles. The van der Waals surface area contributed by atoms with Crippen LogP contribution in [0.1, 0.15) is 27.6 Å². The number of ether oxygens (including phenoxy) is 2. The third-order valence-electron chi connectivity index (χ3n) is 3.60. The zero-order chi connectivity index (χ0) is 20.7. The molecule has 0 radical (unpaired) electrons. The first kappa shape index (κ1) is 20.8. The number of carbonyl (C=O) groups is 3. The van der Waals surface area contributed by atoms with Crippen molar-refractivity contribution in [2.75, 3.05) is 19.0 Å². The van der Waals surface area contributed by atoms with Crippen molar-refractivity contribution < 1.29 is 32.6 Å². The van der Waals surface area contributed by atoms with E-state index in [4.69, 9.17) is 4.74 Å². The monoisotopic (exact) mass is 392 g/mol. The maximum Gasteiger partial charge on any atom is 0.387 e. The van der Waals surface area contributed by atoms with Crippen molar-refractivity contribution in [3.8, 4) is 11.5 Å². The van der Waals surface area contributed by atoms with Crippen molar-refractivity contribution in [2.24, 2.45) is 0 Å². The van der Waals surface area contributed by atoms with Crippen LogP contribution in [-0.4, -0.2) is 37.9 Å². The molecular weight excluding hydrogens is 374 g/mol. The van der Waals surface area contributed by atoms with E-state index in [9.17, 15) is 23.2 Å². The fourth-order valence-electron chi connectivity index (χ4n) is 2.29. The van der Waals surface area contributed by atoms with Crippen LogP contribution in [0.5, 0.6) is 11.5 Å². The Labute approximate surface area is 159 Å². The number of nitrogens with one attached hydrogen (secondary N) is 2. The van der Waals surface area contributed by atoms with Crippen LogP contribution in [0.3, 0.4) is 0 Å². The quantitative estimate of drug-likeness (QED) is 0.674. The Kier molecular flexibility index (Phi) is 7.02. The topological polar surface area (TPSA) is 93.7 Å². The highest BCUT2D eigenvalue weighted by Gasteiger charge is 2.15. The number of methoxy groups -OCH3 is 1. The fraction of sp³-hybridized carbons (Fsp3) is 0.211. The molecule has 2 aromatic rings. The van der Waals surface area contributed by atoms with E-state index < -0.39 is 18.4 Å². The summed E-state index contributed by atoms with van der Waals surface area (Å²) in [6.45, 7) is -1.95. The number of amides is 2. The molecule has 0 atom stereocenters. The second-order valence-electron chi connectivity index (χ2n) is 5.61. The summed E-state index contributed by atoms with van der Waals surface area (Å²) in [6.07, 6.45) is 0. The minimum absolute atomic E-state index is 0.0431. The summed E-state index contributed by atoms with van der Waals surface area (Å²) in [5.41, 5.74) is 0.965. The highest BCUT2D eigenvalue weighted by molar-refractivity contribution is 6.00. The number of hydrogen-bond acceptors (Lipinski definition) is 5.